The Bertz CT molecular complexity index is 551. The SMILES string of the molecule is C[C@H]1CN(C(=O)c2cc(C(F)(F)F)n(C)n2)CC[C@@]1(C)O. The molecule has 0 spiro atoms. The zero-order valence-electron chi connectivity index (χ0n) is 12.1. The fourth-order valence-electron chi connectivity index (χ4n) is 2.41. The van der Waals surface area contributed by atoms with Crippen molar-refractivity contribution in [2.75, 3.05) is 13.1 Å². The van der Waals surface area contributed by atoms with Crippen molar-refractivity contribution in [1.29, 1.82) is 0 Å². The number of carbonyl (C=O) groups is 1. The number of piperidine rings is 1. The van der Waals surface area contributed by atoms with Crippen molar-refractivity contribution in [2.24, 2.45) is 13.0 Å². The van der Waals surface area contributed by atoms with Gasteiger partial charge in [0.25, 0.3) is 5.91 Å². The molecule has 1 aromatic rings. The van der Waals surface area contributed by atoms with Crippen LogP contribution in [0.25, 0.3) is 0 Å². The second-order valence-corrected chi connectivity index (χ2v) is 5.80. The van der Waals surface area contributed by atoms with E-state index in [1.807, 2.05) is 0 Å². The predicted octanol–water partition coefficient (Wildman–Crippen LogP) is 1.67. The van der Waals surface area contributed by atoms with Crippen LogP contribution in [0.5, 0.6) is 0 Å². The second-order valence-electron chi connectivity index (χ2n) is 5.80. The highest BCUT2D eigenvalue weighted by Gasteiger charge is 2.39. The van der Waals surface area contributed by atoms with Crippen LogP contribution in [0.15, 0.2) is 6.07 Å². The largest absolute Gasteiger partial charge is 0.433 e. The van der Waals surface area contributed by atoms with Crippen LogP contribution in [0, 0.1) is 5.92 Å². The average molecular weight is 305 g/mol. The molecule has 2 atom stereocenters. The molecule has 1 N–H and O–H groups in total. The minimum absolute atomic E-state index is 0.152. The molecule has 1 aliphatic heterocycles. The van der Waals surface area contributed by atoms with Gasteiger partial charge in [-0.15, -0.1) is 0 Å². The zero-order valence-corrected chi connectivity index (χ0v) is 12.1. The lowest BCUT2D eigenvalue weighted by Crippen LogP contribution is -2.50. The van der Waals surface area contributed by atoms with E-state index in [1.54, 1.807) is 13.8 Å². The lowest BCUT2D eigenvalue weighted by atomic mass is 9.84. The van der Waals surface area contributed by atoms with Crippen molar-refractivity contribution >= 4 is 5.91 Å². The number of likely N-dealkylation sites (tertiary alicyclic amines) is 1. The van der Waals surface area contributed by atoms with E-state index in [9.17, 15) is 23.1 Å². The van der Waals surface area contributed by atoms with E-state index < -0.39 is 23.4 Å². The monoisotopic (exact) mass is 305 g/mol. The first-order chi connectivity index (χ1) is 9.52. The Balaban J connectivity index is 2.18. The molecule has 8 heteroatoms. The van der Waals surface area contributed by atoms with E-state index >= 15 is 0 Å². The van der Waals surface area contributed by atoms with E-state index in [-0.39, 0.29) is 11.6 Å². The second kappa shape index (κ2) is 5.01. The summed E-state index contributed by atoms with van der Waals surface area (Å²) in [5.41, 5.74) is -2.04. The third kappa shape index (κ3) is 3.04. The van der Waals surface area contributed by atoms with Crippen LogP contribution in [-0.2, 0) is 13.2 Å². The Kier molecular flexibility index (Phi) is 3.77. The number of alkyl halides is 3. The Hall–Kier alpha value is -1.57. The van der Waals surface area contributed by atoms with Gasteiger partial charge >= 0.3 is 6.18 Å². The Morgan fingerprint density at radius 2 is 2.14 bits per heavy atom. The maximum absolute atomic E-state index is 12.7. The molecular weight excluding hydrogens is 287 g/mol. The molecule has 1 fully saturated rings. The average Bonchev–Trinajstić information content (AvgIpc) is 2.74. The van der Waals surface area contributed by atoms with Crippen LogP contribution in [0.3, 0.4) is 0 Å². The molecule has 0 aromatic carbocycles. The highest BCUT2D eigenvalue weighted by Crippen LogP contribution is 2.31. The van der Waals surface area contributed by atoms with Gasteiger partial charge in [-0.05, 0) is 13.3 Å². The van der Waals surface area contributed by atoms with E-state index in [1.165, 1.54) is 4.90 Å². The van der Waals surface area contributed by atoms with E-state index in [4.69, 9.17) is 0 Å². The molecule has 21 heavy (non-hydrogen) atoms. The lowest BCUT2D eigenvalue weighted by Gasteiger charge is -2.40. The van der Waals surface area contributed by atoms with Gasteiger partial charge in [-0.3, -0.25) is 9.48 Å². The smallest absolute Gasteiger partial charge is 0.390 e. The summed E-state index contributed by atoms with van der Waals surface area (Å²) in [7, 11) is 1.16. The van der Waals surface area contributed by atoms with Gasteiger partial charge in [0.1, 0.15) is 5.69 Å². The topological polar surface area (TPSA) is 58.4 Å². The van der Waals surface area contributed by atoms with Crippen molar-refractivity contribution in [2.45, 2.75) is 32.0 Å². The number of nitrogens with zero attached hydrogens (tertiary/aromatic N) is 3. The number of aliphatic hydroxyl groups is 1. The van der Waals surface area contributed by atoms with E-state index in [2.05, 4.69) is 5.10 Å². The Morgan fingerprint density at radius 1 is 1.52 bits per heavy atom. The van der Waals surface area contributed by atoms with Crippen LogP contribution in [0.2, 0.25) is 0 Å². The summed E-state index contributed by atoms with van der Waals surface area (Å²) < 4.78 is 38.8. The summed E-state index contributed by atoms with van der Waals surface area (Å²) in [5.74, 6) is -0.690. The molecular formula is C13H18F3N3O2. The van der Waals surface area contributed by atoms with Gasteiger partial charge < -0.3 is 10.0 Å². The van der Waals surface area contributed by atoms with Gasteiger partial charge in [-0.25, -0.2) is 0 Å². The van der Waals surface area contributed by atoms with Crippen molar-refractivity contribution in [1.82, 2.24) is 14.7 Å². The Morgan fingerprint density at radius 3 is 2.62 bits per heavy atom. The summed E-state index contributed by atoms with van der Waals surface area (Å²) >= 11 is 0. The summed E-state index contributed by atoms with van der Waals surface area (Å²) in [6.45, 7) is 4.10. The molecule has 0 aliphatic carbocycles. The van der Waals surface area contributed by atoms with E-state index in [0.717, 1.165) is 13.1 Å². The number of aromatic nitrogens is 2. The van der Waals surface area contributed by atoms with Crippen LogP contribution in [0.4, 0.5) is 13.2 Å². The highest BCUT2D eigenvalue weighted by atomic mass is 19.4. The predicted molar refractivity (Wildman–Crippen MR) is 68.5 cm³/mol. The number of hydrogen-bond acceptors (Lipinski definition) is 3. The molecule has 2 rings (SSSR count). The normalized spacial score (nSPS) is 27.0. The number of amides is 1. The molecule has 1 saturated heterocycles. The number of halogens is 3. The molecule has 0 unspecified atom stereocenters. The zero-order chi connectivity index (χ0) is 16.0. The minimum Gasteiger partial charge on any atom is -0.390 e. The quantitative estimate of drug-likeness (QED) is 0.858. The van der Waals surface area contributed by atoms with Gasteiger partial charge in [-0.2, -0.15) is 18.3 Å². The molecule has 5 nitrogen and oxygen atoms in total. The van der Waals surface area contributed by atoms with Crippen LogP contribution in [0.1, 0.15) is 36.5 Å². The number of hydrogen-bond donors (Lipinski definition) is 1. The van der Waals surface area contributed by atoms with Gasteiger partial charge in [-0.1, -0.05) is 6.92 Å². The van der Waals surface area contributed by atoms with E-state index in [0.29, 0.717) is 24.2 Å². The number of aryl methyl sites for hydroxylation is 1. The first kappa shape index (κ1) is 15.8. The molecule has 0 radical (unpaired) electrons. The molecule has 2 heterocycles. The fraction of sp³-hybridized carbons (Fsp3) is 0.692. The molecule has 0 saturated carbocycles. The molecule has 118 valence electrons. The van der Waals surface area contributed by atoms with Gasteiger partial charge in [0.2, 0.25) is 0 Å². The Labute approximate surface area is 120 Å². The molecule has 1 amide bonds. The van der Waals surface area contributed by atoms with Crippen molar-refractivity contribution in [3.63, 3.8) is 0 Å². The third-order valence-corrected chi connectivity index (χ3v) is 4.12. The van der Waals surface area contributed by atoms with Crippen molar-refractivity contribution < 1.29 is 23.1 Å². The highest BCUT2D eigenvalue weighted by molar-refractivity contribution is 5.92. The first-order valence-electron chi connectivity index (χ1n) is 6.65. The molecule has 1 aromatic heterocycles. The van der Waals surface area contributed by atoms with Crippen LogP contribution >= 0.6 is 0 Å². The van der Waals surface area contributed by atoms with Crippen LogP contribution < -0.4 is 0 Å². The fourth-order valence-corrected chi connectivity index (χ4v) is 2.41. The number of rotatable bonds is 1. The summed E-state index contributed by atoms with van der Waals surface area (Å²) in [6.07, 6.45) is -4.15. The first-order valence-corrected chi connectivity index (χ1v) is 6.65. The standard InChI is InChI=1S/C13H18F3N3O2/c1-8-7-19(5-4-12(8,2)21)11(20)9-6-10(13(14,15)16)18(3)17-9/h6,8,21H,4-5,7H2,1-3H3/t8-,12+/m0/s1. The van der Waals surface area contributed by atoms with Crippen molar-refractivity contribution in [3.8, 4) is 0 Å². The lowest BCUT2D eigenvalue weighted by molar-refractivity contribution is -0.143. The maximum Gasteiger partial charge on any atom is 0.433 e. The molecule has 0 bridgehead atoms. The third-order valence-electron chi connectivity index (χ3n) is 4.12. The van der Waals surface area contributed by atoms with Crippen molar-refractivity contribution in [3.05, 3.63) is 17.5 Å². The summed E-state index contributed by atoms with van der Waals surface area (Å²) in [4.78, 5) is 13.7. The van der Waals surface area contributed by atoms with Crippen LogP contribution in [-0.4, -0.2) is 44.4 Å². The van der Waals surface area contributed by atoms with Gasteiger partial charge in [0, 0.05) is 32.1 Å². The summed E-state index contributed by atoms with van der Waals surface area (Å²) in [6, 6.07) is 0.764. The van der Waals surface area contributed by atoms with Gasteiger partial charge in [0.05, 0.1) is 5.60 Å². The molecule has 1 aliphatic rings. The van der Waals surface area contributed by atoms with Gasteiger partial charge in [0.15, 0.2) is 5.69 Å². The minimum atomic E-state index is -4.54. The maximum atomic E-state index is 12.7. The summed E-state index contributed by atoms with van der Waals surface area (Å²) in [5, 5.41) is 13.7. The number of carbonyl (C=O) groups excluding carboxylic acids is 1.